The molecule has 0 bridgehead atoms. The van der Waals surface area contributed by atoms with Crippen molar-refractivity contribution in [3.8, 4) is 11.5 Å². The Balaban J connectivity index is 1.65. The first-order chi connectivity index (χ1) is 12.7. The largest absolute Gasteiger partial charge is 0.453 e. The van der Waals surface area contributed by atoms with Gasteiger partial charge in [0.25, 0.3) is 0 Å². The maximum absolute atomic E-state index is 12.9. The van der Waals surface area contributed by atoms with Gasteiger partial charge in [0.1, 0.15) is 0 Å². The van der Waals surface area contributed by atoms with Gasteiger partial charge in [0.15, 0.2) is 11.5 Å². The number of piperazine rings is 1. The van der Waals surface area contributed by atoms with Crippen LogP contribution in [0.1, 0.15) is 26.3 Å². The third kappa shape index (κ3) is 3.42. The fourth-order valence-corrected chi connectivity index (χ4v) is 4.79. The molecule has 27 heavy (non-hydrogen) atoms. The van der Waals surface area contributed by atoms with E-state index in [4.69, 9.17) is 4.74 Å². The second-order valence-corrected chi connectivity index (χ2v) is 9.94. The summed E-state index contributed by atoms with van der Waals surface area (Å²) in [5.41, 5.74) is 2.91. The number of rotatable bonds is 2. The maximum Gasteiger partial charge on any atom is 0.243 e. The van der Waals surface area contributed by atoms with Crippen molar-refractivity contribution in [1.82, 2.24) is 9.62 Å². The molecule has 2 aromatic rings. The monoisotopic (exact) mass is 387 g/mol. The first kappa shape index (κ1) is 18.3. The van der Waals surface area contributed by atoms with Crippen LogP contribution in [0, 0.1) is 0 Å². The molecule has 2 aliphatic heterocycles. The summed E-state index contributed by atoms with van der Waals surface area (Å²) in [6.07, 6.45) is 0. The highest BCUT2D eigenvalue weighted by Gasteiger charge is 2.28. The summed E-state index contributed by atoms with van der Waals surface area (Å²) in [4.78, 5) is 0.264. The Kier molecular flexibility index (Phi) is 4.41. The lowest BCUT2D eigenvalue weighted by molar-refractivity contribution is 0.360. The first-order valence-corrected chi connectivity index (χ1v) is 10.6. The average molecular weight is 388 g/mol. The molecule has 0 amide bonds. The van der Waals surface area contributed by atoms with Crippen LogP contribution in [0.4, 0.5) is 11.4 Å². The minimum Gasteiger partial charge on any atom is -0.453 e. The van der Waals surface area contributed by atoms with Crippen molar-refractivity contribution in [2.45, 2.75) is 31.1 Å². The van der Waals surface area contributed by atoms with Gasteiger partial charge >= 0.3 is 0 Å². The number of nitrogens with zero attached hydrogens (tertiary/aromatic N) is 1. The number of nitrogens with one attached hydrogen (secondary N) is 2. The van der Waals surface area contributed by atoms with E-state index in [1.165, 1.54) is 9.87 Å². The Bertz CT molecular complexity index is 974. The van der Waals surface area contributed by atoms with Crippen molar-refractivity contribution in [3.63, 3.8) is 0 Å². The first-order valence-electron chi connectivity index (χ1n) is 9.19. The van der Waals surface area contributed by atoms with Crippen LogP contribution < -0.4 is 15.4 Å². The smallest absolute Gasteiger partial charge is 0.243 e. The molecule has 0 unspecified atom stereocenters. The summed E-state index contributed by atoms with van der Waals surface area (Å²) < 4.78 is 33.3. The van der Waals surface area contributed by atoms with Crippen molar-refractivity contribution in [2.24, 2.45) is 0 Å². The van der Waals surface area contributed by atoms with E-state index in [0.717, 1.165) is 11.4 Å². The number of fused-ring (bicyclic) bond motifs is 2. The summed E-state index contributed by atoms with van der Waals surface area (Å²) in [5.74, 6) is 1.23. The molecule has 0 aliphatic carbocycles. The molecular formula is C20H25N3O3S. The zero-order valence-corrected chi connectivity index (χ0v) is 16.7. The normalized spacial score (nSPS) is 17.4. The molecule has 0 spiro atoms. The molecular weight excluding hydrogens is 362 g/mol. The molecule has 1 fully saturated rings. The zero-order valence-electron chi connectivity index (χ0n) is 15.9. The molecule has 4 rings (SSSR count). The highest BCUT2D eigenvalue weighted by atomic mass is 32.2. The van der Waals surface area contributed by atoms with Crippen LogP contribution in [0.3, 0.4) is 0 Å². The minimum atomic E-state index is -3.51. The van der Waals surface area contributed by atoms with Crippen LogP contribution in [0.5, 0.6) is 11.5 Å². The van der Waals surface area contributed by atoms with Crippen LogP contribution in [0.2, 0.25) is 0 Å². The molecule has 7 heteroatoms. The molecule has 2 aliphatic rings. The Morgan fingerprint density at radius 2 is 1.70 bits per heavy atom. The van der Waals surface area contributed by atoms with Crippen LogP contribution in [0.15, 0.2) is 41.3 Å². The summed E-state index contributed by atoms with van der Waals surface area (Å²) in [5, 5.41) is 6.54. The minimum absolute atomic E-state index is 0.0399. The fourth-order valence-electron chi connectivity index (χ4n) is 3.33. The third-order valence-corrected chi connectivity index (χ3v) is 6.90. The molecule has 1 saturated heterocycles. The number of hydrogen-bond donors (Lipinski definition) is 2. The van der Waals surface area contributed by atoms with E-state index in [0.29, 0.717) is 37.7 Å². The molecule has 144 valence electrons. The molecule has 2 aromatic carbocycles. The third-order valence-electron chi connectivity index (χ3n) is 5.00. The highest BCUT2D eigenvalue weighted by Crippen LogP contribution is 2.44. The fraction of sp³-hybridized carbons (Fsp3) is 0.400. The number of ether oxygens (including phenoxy) is 1. The van der Waals surface area contributed by atoms with Crippen molar-refractivity contribution < 1.29 is 13.2 Å². The molecule has 2 heterocycles. The average Bonchev–Trinajstić information content (AvgIpc) is 2.65. The number of hydrogen-bond acceptors (Lipinski definition) is 5. The van der Waals surface area contributed by atoms with Gasteiger partial charge in [-0.15, -0.1) is 0 Å². The van der Waals surface area contributed by atoms with Gasteiger partial charge in [-0.2, -0.15) is 4.31 Å². The summed E-state index contributed by atoms with van der Waals surface area (Å²) in [7, 11) is -3.51. The van der Waals surface area contributed by atoms with Crippen LogP contribution in [0.25, 0.3) is 0 Å². The Morgan fingerprint density at radius 3 is 2.41 bits per heavy atom. The number of benzene rings is 2. The topological polar surface area (TPSA) is 70.7 Å². The highest BCUT2D eigenvalue weighted by molar-refractivity contribution is 7.89. The van der Waals surface area contributed by atoms with E-state index in [1.54, 1.807) is 18.2 Å². The molecule has 0 radical (unpaired) electrons. The lowest BCUT2D eigenvalue weighted by Crippen LogP contribution is -2.46. The SMILES string of the molecule is CC(C)(C)c1ccc2c(c1)Nc1ccc(S(=O)(=O)N3CCNCC3)cc1O2. The molecule has 0 atom stereocenters. The van der Waals surface area contributed by atoms with Crippen molar-refractivity contribution in [2.75, 3.05) is 31.5 Å². The predicted molar refractivity (Wildman–Crippen MR) is 107 cm³/mol. The van der Waals surface area contributed by atoms with Crippen molar-refractivity contribution in [1.29, 1.82) is 0 Å². The standard InChI is InChI=1S/C20H25N3O3S/c1-20(2,3)14-4-7-18-17(12-14)22-16-6-5-15(13-19(16)26-18)27(24,25)23-10-8-21-9-11-23/h4-7,12-13,21-22H,8-11H2,1-3H3. The van der Waals surface area contributed by atoms with Crippen LogP contribution in [-0.2, 0) is 15.4 Å². The van der Waals surface area contributed by atoms with Gasteiger partial charge in [-0.3, -0.25) is 0 Å². The van der Waals surface area contributed by atoms with Gasteiger partial charge in [0.05, 0.1) is 16.3 Å². The summed E-state index contributed by atoms with van der Waals surface area (Å²) in [6.45, 7) is 8.81. The number of anilines is 2. The van der Waals surface area contributed by atoms with Crippen molar-refractivity contribution >= 4 is 21.4 Å². The Hall–Kier alpha value is -2.09. The Morgan fingerprint density at radius 1 is 0.963 bits per heavy atom. The van der Waals surface area contributed by atoms with Gasteiger partial charge in [0.2, 0.25) is 10.0 Å². The second kappa shape index (κ2) is 6.51. The van der Waals surface area contributed by atoms with Crippen molar-refractivity contribution in [3.05, 3.63) is 42.0 Å². The zero-order chi connectivity index (χ0) is 19.2. The van der Waals surface area contributed by atoms with E-state index in [1.807, 2.05) is 12.1 Å². The van der Waals surface area contributed by atoms with E-state index >= 15 is 0 Å². The summed E-state index contributed by atoms with van der Waals surface area (Å²) >= 11 is 0. The Labute approximate surface area is 160 Å². The quantitative estimate of drug-likeness (QED) is 0.705. The lowest BCUT2D eigenvalue weighted by atomic mass is 9.86. The predicted octanol–water partition coefficient (Wildman–Crippen LogP) is 3.43. The van der Waals surface area contributed by atoms with E-state index in [-0.39, 0.29) is 10.3 Å². The molecule has 6 nitrogen and oxygen atoms in total. The van der Waals surface area contributed by atoms with E-state index < -0.39 is 10.0 Å². The van der Waals surface area contributed by atoms with Gasteiger partial charge in [-0.05, 0) is 35.2 Å². The number of sulfonamides is 1. The van der Waals surface area contributed by atoms with Gasteiger partial charge in [-0.1, -0.05) is 26.8 Å². The van der Waals surface area contributed by atoms with E-state index in [2.05, 4.69) is 37.5 Å². The van der Waals surface area contributed by atoms with Gasteiger partial charge in [-0.25, -0.2) is 8.42 Å². The van der Waals surface area contributed by atoms with Gasteiger partial charge < -0.3 is 15.4 Å². The molecule has 0 aromatic heterocycles. The van der Waals surface area contributed by atoms with E-state index in [9.17, 15) is 8.42 Å². The maximum atomic E-state index is 12.9. The molecule has 2 N–H and O–H groups in total. The summed E-state index contributed by atoms with van der Waals surface area (Å²) in [6, 6.07) is 11.1. The molecule has 0 saturated carbocycles. The van der Waals surface area contributed by atoms with Crippen LogP contribution >= 0.6 is 0 Å². The van der Waals surface area contributed by atoms with Gasteiger partial charge in [0, 0.05) is 32.2 Å². The second-order valence-electron chi connectivity index (χ2n) is 8.00. The van der Waals surface area contributed by atoms with Crippen LogP contribution in [-0.4, -0.2) is 38.9 Å². The lowest BCUT2D eigenvalue weighted by Gasteiger charge is -2.28.